The molecule has 80 valence electrons. The first-order chi connectivity index (χ1) is 7.75. The Bertz CT molecular complexity index is 655. The maximum absolute atomic E-state index is 5.66. The van der Waals surface area contributed by atoms with E-state index in [2.05, 4.69) is 23.8 Å². The Morgan fingerprint density at radius 1 is 1.12 bits per heavy atom. The van der Waals surface area contributed by atoms with Gasteiger partial charge in [-0.25, -0.2) is 9.97 Å². The Hall–Kier alpha value is -1.90. The zero-order valence-electron chi connectivity index (χ0n) is 9.27. The lowest BCUT2D eigenvalue weighted by atomic mass is 10.2. The smallest absolute Gasteiger partial charge is 0.172 e. The van der Waals surface area contributed by atoms with Crippen molar-refractivity contribution < 1.29 is 4.42 Å². The predicted octanol–water partition coefficient (Wildman–Crippen LogP) is 3.50. The van der Waals surface area contributed by atoms with Crippen molar-refractivity contribution in [2.75, 3.05) is 0 Å². The van der Waals surface area contributed by atoms with E-state index < -0.39 is 0 Å². The number of fused-ring (bicyclic) bond motifs is 3. The third-order valence-corrected chi connectivity index (χ3v) is 2.65. The molecule has 3 nitrogen and oxygen atoms in total. The summed E-state index contributed by atoms with van der Waals surface area (Å²) in [6, 6.07) is 7.93. The standard InChI is InChI=1S/C13H12N2O/c1-8(2)13-14-7-11-12(15-13)9-5-3-4-6-10(9)16-11/h3-8H,1-2H3. The molecule has 0 saturated heterocycles. The van der Waals surface area contributed by atoms with Crippen LogP contribution in [-0.2, 0) is 0 Å². The van der Waals surface area contributed by atoms with E-state index in [1.54, 1.807) is 6.20 Å². The lowest BCUT2D eigenvalue weighted by Crippen LogP contribution is -1.95. The molecule has 0 unspecified atom stereocenters. The summed E-state index contributed by atoms with van der Waals surface area (Å²) in [5, 5.41) is 1.06. The van der Waals surface area contributed by atoms with Crippen LogP contribution in [0, 0.1) is 0 Å². The average molecular weight is 212 g/mol. The lowest BCUT2D eigenvalue weighted by molar-refractivity contribution is 0.662. The number of benzene rings is 1. The molecule has 16 heavy (non-hydrogen) atoms. The summed E-state index contributed by atoms with van der Waals surface area (Å²) in [6.45, 7) is 4.17. The number of para-hydroxylation sites is 1. The Morgan fingerprint density at radius 2 is 1.94 bits per heavy atom. The number of rotatable bonds is 1. The molecule has 1 aromatic carbocycles. The van der Waals surface area contributed by atoms with Crippen LogP contribution in [0.1, 0.15) is 25.6 Å². The molecule has 0 N–H and O–H groups in total. The Morgan fingerprint density at radius 3 is 2.75 bits per heavy atom. The minimum atomic E-state index is 0.332. The number of furan rings is 1. The molecule has 0 aliphatic rings. The van der Waals surface area contributed by atoms with Crippen molar-refractivity contribution in [1.82, 2.24) is 9.97 Å². The van der Waals surface area contributed by atoms with Crippen LogP contribution in [0.4, 0.5) is 0 Å². The van der Waals surface area contributed by atoms with Gasteiger partial charge in [0.1, 0.15) is 16.9 Å². The van der Waals surface area contributed by atoms with Crippen LogP contribution in [0.25, 0.3) is 22.1 Å². The fourth-order valence-electron chi connectivity index (χ4n) is 1.80. The minimum Gasteiger partial charge on any atom is -0.453 e. The molecule has 0 aliphatic heterocycles. The number of hydrogen-bond donors (Lipinski definition) is 0. The molecule has 2 aromatic heterocycles. The molecule has 0 radical (unpaired) electrons. The van der Waals surface area contributed by atoms with Gasteiger partial charge < -0.3 is 4.42 Å². The van der Waals surface area contributed by atoms with Crippen LogP contribution < -0.4 is 0 Å². The Kier molecular flexibility index (Phi) is 1.93. The highest BCUT2D eigenvalue weighted by atomic mass is 16.3. The summed E-state index contributed by atoms with van der Waals surface area (Å²) in [4.78, 5) is 8.85. The first-order valence-electron chi connectivity index (χ1n) is 5.40. The summed E-state index contributed by atoms with van der Waals surface area (Å²) in [7, 11) is 0. The summed E-state index contributed by atoms with van der Waals surface area (Å²) >= 11 is 0. The summed E-state index contributed by atoms with van der Waals surface area (Å²) < 4.78 is 5.66. The number of hydrogen-bond acceptors (Lipinski definition) is 3. The molecule has 3 heteroatoms. The zero-order valence-corrected chi connectivity index (χ0v) is 9.27. The van der Waals surface area contributed by atoms with Gasteiger partial charge in [-0.2, -0.15) is 0 Å². The molecule has 3 rings (SSSR count). The highest BCUT2D eigenvalue weighted by Crippen LogP contribution is 2.27. The van der Waals surface area contributed by atoms with Gasteiger partial charge in [0.2, 0.25) is 0 Å². The van der Waals surface area contributed by atoms with Gasteiger partial charge in [-0.3, -0.25) is 0 Å². The summed E-state index contributed by atoms with van der Waals surface area (Å²) in [6.07, 6.45) is 1.76. The van der Waals surface area contributed by atoms with E-state index in [0.717, 1.165) is 27.9 Å². The second kappa shape index (κ2) is 3.30. The summed E-state index contributed by atoms with van der Waals surface area (Å²) in [5.74, 6) is 1.19. The van der Waals surface area contributed by atoms with Crippen LogP contribution >= 0.6 is 0 Å². The highest BCUT2D eigenvalue weighted by Gasteiger charge is 2.10. The lowest BCUT2D eigenvalue weighted by Gasteiger charge is -2.01. The molecular weight excluding hydrogens is 200 g/mol. The molecule has 3 aromatic rings. The Labute approximate surface area is 93.1 Å². The van der Waals surface area contributed by atoms with E-state index in [1.807, 2.05) is 24.3 Å². The third-order valence-electron chi connectivity index (χ3n) is 2.65. The molecule has 0 aliphatic carbocycles. The second-order valence-corrected chi connectivity index (χ2v) is 4.19. The van der Waals surface area contributed by atoms with Gasteiger partial charge >= 0.3 is 0 Å². The van der Waals surface area contributed by atoms with Gasteiger partial charge in [0.15, 0.2) is 5.58 Å². The van der Waals surface area contributed by atoms with Gasteiger partial charge in [-0.1, -0.05) is 26.0 Å². The quantitative estimate of drug-likeness (QED) is 0.619. The molecule has 0 bridgehead atoms. The fourth-order valence-corrected chi connectivity index (χ4v) is 1.80. The largest absolute Gasteiger partial charge is 0.453 e. The predicted molar refractivity (Wildman–Crippen MR) is 63.4 cm³/mol. The first-order valence-corrected chi connectivity index (χ1v) is 5.40. The van der Waals surface area contributed by atoms with Crippen molar-refractivity contribution >= 4 is 22.1 Å². The van der Waals surface area contributed by atoms with Crippen LogP contribution in [0.5, 0.6) is 0 Å². The van der Waals surface area contributed by atoms with E-state index in [1.165, 1.54) is 0 Å². The minimum absolute atomic E-state index is 0.332. The molecule has 0 fully saturated rings. The van der Waals surface area contributed by atoms with Gasteiger partial charge in [-0.05, 0) is 12.1 Å². The van der Waals surface area contributed by atoms with E-state index in [4.69, 9.17) is 4.42 Å². The van der Waals surface area contributed by atoms with Crippen molar-refractivity contribution in [3.63, 3.8) is 0 Å². The van der Waals surface area contributed by atoms with Gasteiger partial charge in [-0.15, -0.1) is 0 Å². The van der Waals surface area contributed by atoms with Crippen LogP contribution in [0.2, 0.25) is 0 Å². The topological polar surface area (TPSA) is 38.9 Å². The molecular formula is C13H12N2O. The van der Waals surface area contributed by atoms with Gasteiger partial charge in [0.25, 0.3) is 0 Å². The van der Waals surface area contributed by atoms with Crippen molar-refractivity contribution in [2.45, 2.75) is 19.8 Å². The van der Waals surface area contributed by atoms with Crippen molar-refractivity contribution in [1.29, 1.82) is 0 Å². The van der Waals surface area contributed by atoms with E-state index in [-0.39, 0.29) is 0 Å². The normalized spacial score (nSPS) is 11.7. The monoisotopic (exact) mass is 212 g/mol. The zero-order chi connectivity index (χ0) is 11.1. The van der Waals surface area contributed by atoms with Crippen LogP contribution in [0.3, 0.4) is 0 Å². The molecule has 0 spiro atoms. The van der Waals surface area contributed by atoms with E-state index in [0.29, 0.717) is 5.92 Å². The molecule has 0 saturated carbocycles. The first kappa shape index (κ1) is 9.33. The molecule has 0 atom stereocenters. The van der Waals surface area contributed by atoms with Crippen molar-refractivity contribution in [3.05, 3.63) is 36.3 Å². The highest BCUT2D eigenvalue weighted by molar-refractivity contribution is 6.01. The van der Waals surface area contributed by atoms with Gasteiger partial charge in [0, 0.05) is 11.3 Å². The van der Waals surface area contributed by atoms with Crippen LogP contribution in [-0.4, -0.2) is 9.97 Å². The van der Waals surface area contributed by atoms with Crippen molar-refractivity contribution in [3.8, 4) is 0 Å². The number of aromatic nitrogens is 2. The van der Waals surface area contributed by atoms with E-state index in [9.17, 15) is 0 Å². The molecule has 0 amide bonds. The number of nitrogens with zero attached hydrogens (tertiary/aromatic N) is 2. The van der Waals surface area contributed by atoms with Crippen molar-refractivity contribution in [2.24, 2.45) is 0 Å². The van der Waals surface area contributed by atoms with E-state index >= 15 is 0 Å². The second-order valence-electron chi connectivity index (χ2n) is 4.19. The maximum Gasteiger partial charge on any atom is 0.172 e. The fraction of sp³-hybridized carbons (Fsp3) is 0.231. The summed E-state index contributed by atoms with van der Waals surface area (Å²) in [5.41, 5.74) is 2.53. The SMILES string of the molecule is CC(C)c1ncc2oc3ccccc3c2n1. The Balaban J connectivity index is 2.40. The van der Waals surface area contributed by atoms with Gasteiger partial charge in [0.05, 0.1) is 6.20 Å². The maximum atomic E-state index is 5.66. The molecule has 2 heterocycles. The third kappa shape index (κ3) is 1.28. The average Bonchev–Trinajstić information content (AvgIpc) is 2.66. The van der Waals surface area contributed by atoms with Crippen LogP contribution in [0.15, 0.2) is 34.9 Å².